The Bertz CT molecular complexity index is 68.7. The van der Waals surface area contributed by atoms with Crippen LogP contribution in [-0.2, 0) is 0 Å². The summed E-state index contributed by atoms with van der Waals surface area (Å²) in [6.07, 6.45) is 1.13. The molecule has 0 spiro atoms. The van der Waals surface area contributed by atoms with E-state index in [1.54, 1.807) is 0 Å². The normalized spacial score (nSPS) is 28.3. The van der Waals surface area contributed by atoms with Gasteiger partial charge in [-0.3, -0.25) is 0 Å². The monoisotopic (exact) mass is 145 g/mol. The van der Waals surface area contributed by atoms with Crippen LogP contribution in [0.2, 0.25) is 0 Å². The van der Waals surface area contributed by atoms with Gasteiger partial charge in [-0.2, -0.15) is 11.8 Å². The van der Waals surface area contributed by atoms with Crippen LogP contribution in [0.4, 0.5) is 0 Å². The molecule has 1 fully saturated rings. The fourth-order valence-electron chi connectivity index (χ4n) is 0.932. The molecule has 0 aliphatic carbocycles. The lowest BCUT2D eigenvalue weighted by atomic mass is 10.3. The van der Waals surface area contributed by atoms with Crippen LogP contribution < -0.4 is 11.1 Å². The Morgan fingerprint density at radius 2 is 2.56 bits per heavy atom. The molecule has 53 valence electrons. The second-order valence-electron chi connectivity index (χ2n) is 2.20. The number of rotatable bonds is 2. The molecule has 0 aromatic rings. The van der Waals surface area contributed by atoms with Gasteiger partial charge in [0, 0.05) is 24.1 Å². The molecule has 1 atom stereocenters. The summed E-state index contributed by atoms with van der Waals surface area (Å²) in [5, 5.41) is 5.03. The van der Waals surface area contributed by atoms with Crippen molar-refractivity contribution in [1.82, 2.24) is 5.32 Å². The van der Waals surface area contributed by atoms with Crippen LogP contribution >= 0.6 is 11.8 Å². The quantitative estimate of drug-likeness (QED) is 0.596. The first-order valence-electron chi connectivity index (χ1n) is 3.38. The van der Waals surface area contributed by atoms with Gasteiger partial charge in [0.05, 0.1) is 0 Å². The Kier molecular flexibility index (Phi) is 3.40. The SMILES string of the molecule is NCCC1C[N]CCS1. The van der Waals surface area contributed by atoms with Gasteiger partial charge < -0.3 is 5.73 Å². The standard InChI is InChI=1S/C6H13N2S/c7-2-1-6-5-8-3-4-9-6/h6H,1-5,7H2. The van der Waals surface area contributed by atoms with Crippen molar-refractivity contribution in [3.8, 4) is 0 Å². The van der Waals surface area contributed by atoms with Gasteiger partial charge in [-0.15, -0.1) is 0 Å². The zero-order chi connectivity index (χ0) is 6.53. The molecule has 1 aliphatic heterocycles. The first kappa shape index (κ1) is 7.38. The number of nitrogens with two attached hydrogens (primary N) is 1. The van der Waals surface area contributed by atoms with Crippen molar-refractivity contribution >= 4 is 11.8 Å². The Morgan fingerprint density at radius 1 is 1.67 bits per heavy atom. The maximum atomic E-state index is 5.40. The van der Waals surface area contributed by atoms with Crippen molar-refractivity contribution in [2.75, 3.05) is 25.4 Å². The van der Waals surface area contributed by atoms with Crippen LogP contribution in [0.5, 0.6) is 0 Å². The number of nitrogens with zero attached hydrogens (tertiary/aromatic N) is 1. The molecule has 1 saturated heterocycles. The summed E-state index contributed by atoms with van der Waals surface area (Å²) in [7, 11) is 0. The number of thioether (sulfide) groups is 1. The highest BCUT2D eigenvalue weighted by Crippen LogP contribution is 2.16. The van der Waals surface area contributed by atoms with Crippen molar-refractivity contribution in [2.45, 2.75) is 11.7 Å². The second-order valence-corrected chi connectivity index (χ2v) is 3.61. The molecular weight excluding hydrogens is 132 g/mol. The summed E-state index contributed by atoms with van der Waals surface area (Å²) >= 11 is 2.01. The maximum absolute atomic E-state index is 5.40. The minimum atomic E-state index is 0.726. The van der Waals surface area contributed by atoms with E-state index in [-0.39, 0.29) is 0 Å². The summed E-state index contributed by atoms with van der Waals surface area (Å²) in [6, 6.07) is 0. The Balaban J connectivity index is 2.08. The number of hydrogen-bond acceptors (Lipinski definition) is 2. The molecule has 0 saturated carbocycles. The van der Waals surface area contributed by atoms with Crippen LogP contribution in [0.3, 0.4) is 0 Å². The molecule has 2 nitrogen and oxygen atoms in total. The average molecular weight is 145 g/mol. The van der Waals surface area contributed by atoms with E-state index in [9.17, 15) is 0 Å². The molecule has 1 heterocycles. The molecule has 0 amide bonds. The van der Waals surface area contributed by atoms with Gasteiger partial charge in [0.2, 0.25) is 0 Å². The van der Waals surface area contributed by atoms with Crippen LogP contribution in [0, 0.1) is 0 Å². The van der Waals surface area contributed by atoms with Gasteiger partial charge in [0.15, 0.2) is 0 Å². The summed E-state index contributed by atoms with van der Waals surface area (Å²) in [4.78, 5) is 0. The zero-order valence-corrected chi connectivity index (χ0v) is 6.36. The molecule has 1 unspecified atom stereocenters. The molecule has 0 aromatic heterocycles. The predicted molar refractivity (Wildman–Crippen MR) is 41.8 cm³/mol. The molecule has 0 bridgehead atoms. The molecule has 3 heteroatoms. The summed E-state index contributed by atoms with van der Waals surface area (Å²) in [5.41, 5.74) is 5.40. The van der Waals surface area contributed by atoms with E-state index >= 15 is 0 Å². The van der Waals surface area contributed by atoms with Crippen molar-refractivity contribution in [3.63, 3.8) is 0 Å². The van der Waals surface area contributed by atoms with Gasteiger partial charge in [0.25, 0.3) is 0 Å². The van der Waals surface area contributed by atoms with Crippen molar-refractivity contribution in [3.05, 3.63) is 0 Å². The fourth-order valence-corrected chi connectivity index (χ4v) is 2.01. The lowest BCUT2D eigenvalue weighted by Crippen LogP contribution is -2.28. The largest absolute Gasteiger partial charge is 0.330 e. The molecule has 1 rings (SSSR count). The van der Waals surface area contributed by atoms with Gasteiger partial charge >= 0.3 is 0 Å². The van der Waals surface area contributed by atoms with Crippen molar-refractivity contribution in [2.24, 2.45) is 5.73 Å². The van der Waals surface area contributed by atoms with Crippen molar-refractivity contribution < 1.29 is 0 Å². The minimum Gasteiger partial charge on any atom is -0.330 e. The van der Waals surface area contributed by atoms with Crippen LogP contribution in [0.1, 0.15) is 6.42 Å². The molecule has 1 radical (unpaired) electrons. The van der Waals surface area contributed by atoms with E-state index in [2.05, 4.69) is 5.32 Å². The second kappa shape index (κ2) is 4.14. The molecular formula is C6H13N2S. The van der Waals surface area contributed by atoms with Crippen LogP contribution in [-0.4, -0.2) is 30.6 Å². The lowest BCUT2D eigenvalue weighted by molar-refractivity contribution is 0.632. The smallest absolute Gasteiger partial charge is 0.0253 e. The van der Waals surface area contributed by atoms with E-state index < -0.39 is 0 Å². The number of hydrogen-bond donors (Lipinski definition) is 1. The van der Waals surface area contributed by atoms with E-state index in [1.165, 1.54) is 5.75 Å². The zero-order valence-electron chi connectivity index (χ0n) is 5.55. The van der Waals surface area contributed by atoms with Crippen molar-refractivity contribution in [1.29, 1.82) is 0 Å². The Labute approximate surface area is 60.6 Å². The summed E-state index contributed by atoms with van der Waals surface area (Å²) in [5.74, 6) is 1.20. The highest BCUT2D eigenvalue weighted by atomic mass is 32.2. The summed E-state index contributed by atoms with van der Waals surface area (Å²) < 4.78 is 0. The lowest BCUT2D eigenvalue weighted by Gasteiger charge is -2.19. The fraction of sp³-hybridized carbons (Fsp3) is 1.00. The highest BCUT2D eigenvalue weighted by Gasteiger charge is 2.12. The third-order valence-electron chi connectivity index (χ3n) is 1.42. The van der Waals surface area contributed by atoms with Gasteiger partial charge in [-0.05, 0) is 13.0 Å². The molecule has 9 heavy (non-hydrogen) atoms. The van der Waals surface area contributed by atoms with E-state index in [0.717, 1.165) is 31.3 Å². The average Bonchev–Trinajstić information content (AvgIpc) is 1.91. The first-order chi connectivity index (χ1) is 4.43. The van der Waals surface area contributed by atoms with Crippen LogP contribution in [0.25, 0.3) is 0 Å². The highest BCUT2D eigenvalue weighted by molar-refractivity contribution is 8.00. The van der Waals surface area contributed by atoms with Crippen LogP contribution in [0.15, 0.2) is 0 Å². The topological polar surface area (TPSA) is 40.1 Å². The van der Waals surface area contributed by atoms with E-state index in [0.29, 0.717) is 0 Å². The van der Waals surface area contributed by atoms with E-state index in [1.807, 2.05) is 11.8 Å². The van der Waals surface area contributed by atoms with Gasteiger partial charge in [0.1, 0.15) is 0 Å². The van der Waals surface area contributed by atoms with E-state index in [4.69, 9.17) is 5.73 Å². The predicted octanol–water partition coefficient (Wildman–Crippen LogP) is 0.0550. The third-order valence-corrected chi connectivity index (χ3v) is 2.70. The Hall–Kier alpha value is 0.270. The first-order valence-corrected chi connectivity index (χ1v) is 4.43. The Morgan fingerprint density at radius 3 is 3.11 bits per heavy atom. The minimum absolute atomic E-state index is 0.726. The van der Waals surface area contributed by atoms with Gasteiger partial charge in [-0.25, -0.2) is 5.32 Å². The maximum Gasteiger partial charge on any atom is 0.0253 e. The molecule has 1 aliphatic rings. The molecule has 2 N–H and O–H groups in total. The van der Waals surface area contributed by atoms with Gasteiger partial charge in [-0.1, -0.05) is 0 Å². The third kappa shape index (κ3) is 2.56. The summed E-state index contributed by atoms with van der Waals surface area (Å²) in [6.45, 7) is 2.89. The molecule has 0 aromatic carbocycles.